The summed E-state index contributed by atoms with van der Waals surface area (Å²) in [5.74, 6) is 5.17. The van der Waals surface area contributed by atoms with Crippen molar-refractivity contribution in [3.8, 4) is 11.8 Å². The number of hydrogen-bond acceptors (Lipinski definition) is 4. The lowest BCUT2D eigenvalue weighted by Gasteiger charge is -2.52. The fourth-order valence-corrected chi connectivity index (χ4v) is 4.07. The van der Waals surface area contributed by atoms with Gasteiger partial charge in [-0.1, -0.05) is 5.92 Å². The Hall–Kier alpha value is -2.23. The van der Waals surface area contributed by atoms with E-state index < -0.39 is 5.82 Å². The topological polar surface area (TPSA) is 42.4 Å². The Labute approximate surface area is 156 Å². The molecule has 0 bridgehead atoms. The van der Waals surface area contributed by atoms with Crippen LogP contribution in [0.1, 0.15) is 39.5 Å². The highest BCUT2D eigenvalue weighted by molar-refractivity contribution is 7.09. The molecule has 1 amide bonds. The highest BCUT2D eigenvalue weighted by Crippen LogP contribution is 2.40. The van der Waals surface area contributed by atoms with E-state index in [9.17, 15) is 9.18 Å². The van der Waals surface area contributed by atoms with Crippen LogP contribution in [-0.2, 0) is 4.74 Å². The van der Waals surface area contributed by atoms with Crippen LogP contribution in [0.3, 0.4) is 0 Å². The van der Waals surface area contributed by atoms with Crippen molar-refractivity contribution >= 4 is 17.2 Å². The molecule has 1 spiro atoms. The summed E-state index contributed by atoms with van der Waals surface area (Å²) in [5, 5.41) is 2.83. The standard InChI is InChI=1S/C20H19FN2O2S/c1-14-22-16(11-26-14)4-2-15-3-5-18(21)17(10-15)19(24)23-12-20(13-23)6-8-25-9-7-20/h3,5,10-11H,6-9,12-13H2,1H3. The van der Waals surface area contributed by atoms with Crippen LogP contribution < -0.4 is 0 Å². The van der Waals surface area contributed by atoms with Crippen molar-refractivity contribution in [1.82, 2.24) is 9.88 Å². The molecule has 26 heavy (non-hydrogen) atoms. The number of nitrogens with zero attached hydrogens (tertiary/aromatic N) is 2. The fourth-order valence-electron chi connectivity index (χ4n) is 3.52. The lowest BCUT2D eigenvalue weighted by atomic mass is 9.73. The summed E-state index contributed by atoms with van der Waals surface area (Å²) >= 11 is 1.53. The number of aryl methyl sites for hydroxylation is 1. The van der Waals surface area contributed by atoms with Gasteiger partial charge in [0.25, 0.3) is 5.91 Å². The quantitative estimate of drug-likeness (QED) is 0.724. The number of rotatable bonds is 1. The molecule has 0 N–H and O–H groups in total. The van der Waals surface area contributed by atoms with Crippen molar-refractivity contribution in [3.05, 3.63) is 51.2 Å². The third-order valence-corrected chi connectivity index (χ3v) is 5.82. The second-order valence-corrected chi connectivity index (χ2v) is 8.03. The molecule has 4 rings (SSSR count). The summed E-state index contributed by atoms with van der Waals surface area (Å²) < 4.78 is 19.6. The first kappa shape index (κ1) is 17.2. The Morgan fingerprint density at radius 2 is 2.08 bits per heavy atom. The maximum absolute atomic E-state index is 14.2. The van der Waals surface area contributed by atoms with Crippen molar-refractivity contribution in [2.45, 2.75) is 19.8 Å². The molecule has 0 aliphatic carbocycles. The molecule has 0 radical (unpaired) electrons. The molecule has 3 heterocycles. The third kappa shape index (κ3) is 3.37. The average molecular weight is 370 g/mol. The predicted octanol–water partition coefficient (Wildman–Crippen LogP) is 3.24. The van der Waals surface area contributed by atoms with Crippen LogP contribution in [0.25, 0.3) is 0 Å². The number of halogens is 1. The zero-order chi connectivity index (χ0) is 18.1. The number of likely N-dealkylation sites (tertiary alicyclic amines) is 1. The van der Waals surface area contributed by atoms with E-state index in [4.69, 9.17) is 4.74 Å². The maximum Gasteiger partial charge on any atom is 0.256 e. The Kier molecular flexibility index (Phi) is 4.51. The van der Waals surface area contributed by atoms with E-state index in [2.05, 4.69) is 16.8 Å². The van der Waals surface area contributed by atoms with Gasteiger partial charge in [-0.25, -0.2) is 9.37 Å². The molecule has 0 atom stereocenters. The van der Waals surface area contributed by atoms with E-state index in [1.165, 1.54) is 17.4 Å². The number of carbonyl (C=O) groups excluding carboxylic acids is 1. The van der Waals surface area contributed by atoms with Crippen LogP contribution in [0.5, 0.6) is 0 Å². The molecule has 134 valence electrons. The SMILES string of the molecule is Cc1nc(C#Cc2ccc(F)c(C(=O)N3CC4(CCOCC4)C3)c2)cs1. The van der Waals surface area contributed by atoms with E-state index in [-0.39, 0.29) is 16.9 Å². The molecule has 0 saturated carbocycles. The van der Waals surface area contributed by atoms with Gasteiger partial charge in [0.15, 0.2) is 0 Å². The molecule has 4 nitrogen and oxygen atoms in total. The number of aromatic nitrogens is 1. The Morgan fingerprint density at radius 1 is 1.31 bits per heavy atom. The van der Waals surface area contributed by atoms with Gasteiger partial charge in [0.2, 0.25) is 0 Å². The zero-order valence-electron chi connectivity index (χ0n) is 14.5. The van der Waals surface area contributed by atoms with Gasteiger partial charge in [-0.3, -0.25) is 4.79 Å². The van der Waals surface area contributed by atoms with Crippen LogP contribution in [0.4, 0.5) is 4.39 Å². The molecule has 0 unspecified atom stereocenters. The summed E-state index contributed by atoms with van der Waals surface area (Å²) in [5.41, 5.74) is 1.56. The number of amides is 1. The molecule has 6 heteroatoms. The predicted molar refractivity (Wildman–Crippen MR) is 97.6 cm³/mol. The van der Waals surface area contributed by atoms with Gasteiger partial charge in [0.05, 0.1) is 10.6 Å². The molecule has 2 aliphatic heterocycles. The number of benzene rings is 1. The molecule has 2 aromatic rings. The van der Waals surface area contributed by atoms with E-state index in [1.807, 2.05) is 12.3 Å². The highest BCUT2D eigenvalue weighted by atomic mass is 32.1. The normalized spacial score (nSPS) is 18.2. The lowest BCUT2D eigenvalue weighted by molar-refractivity contribution is -0.0667. The number of hydrogen-bond donors (Lipinski definition) is 0. The summed E-state index contributed by atoms with van der Waals surface area (Å²) in [6, 6.07) is 4.45. The summed E-state index contributed by atoms with van der Waals surface area (Å²) in [7, 11) is 0. The van der Waals surface area contributed by atoms with Gasteiger partial charge < -0.3 is 9.64 Å². The maximum atomic E-state index is 14.2. The van der Waals surface area contributed by atoms with Crippen molar-refractivity contribution in [2.75, 3.05) is 26.3 Å². The van der Waals surface area contributed by atoms with Crippen molar-refractivity contribution < 1.29 is 13.9 Å². The average Bonchev–Trinajstić information content (AvgIpc) is 3.04. The summed E-state index contributed by atoms with van der Waals surface area (Å²) in [4.78, 5) is 18.7. The second kappa shape index (κ2) is 6.82. The molecular formula is C20H19FN2O2S. The van der Waals surface area contributed by atoms with Gasteiger partial charge in [-0.05, 0) is 43.9 Å². The first-order valence-electron chi connectivity index (χ1n) is 8.65. The zero-order valence-corrected chi connectivity index (χ0v) is 15.4. The molecule has 2 aliphatic rings. The van der Waals surface area contributed by atoms with E-state index in [0.717, 1.165) is 31.1 Å². The lowest BCUT2D eigenvalue weighted by Crippen LogP contribution is -2.60. The van der Waals surface area contributed by atoms with E-state index >= 15 is 0 Å². The van der Waals surface area contributed by atoms with E-state index in [1.54, 1.807) is 17.0 Å². The fraction of sp³-hybridized carbons (Fsp3) is 0.400. The van der Waals surface area contributed by atoms with Crippen LogP contribution in [-0.4, -0.2) is 42.1 Å². The van der Waals surface area contributed by atoms with Crippen LogP contribution in [0.15, 0.2) is 23.6 Å². The van der Waals surface area contributed by atoms with Crippen molar-refractivity contribution in [2.24, 2.45) is 5.41 Å². The monoisotopic (exact) mass is 370 g/mol. The van der Waals surface area contributed by atoms with Gasteiger partial charge in [-0.2, -0.15) is 0 Å². The summed E-state index contributed by atoms with van der Waals surface area (Å²) in [6.07, 6.45) is 1.94. The first-order chi connectivity index (χ1) is 12.5. The van der Waals surface area contributed by atoms with Crippen LogP contribution in [0.2, 0.25) is 0 Å². The molecule has 2 saturated heterocycles. The number of thiazole rings is 1. The Bertz CT molecular complexity index is 898. The second-order valence-electron chi connectivity index (χ2n) is 6.97. The molecular weight excluding hydrogens is 351 g/mol. The highest BCUT2D eigenvalue weighted by Gasteiger charge is 2.46. The smallest absolute Gasteiger partial charge is 0.256 e. The van der Waals surface area contributed by atoms with Gasteiger partial charge >= 0.3 is 0 Å². The number of ether oxygens (including phenoxy) is 1. The van der Waals surface area contributed by atoms with Crippen LogP contribution >= 0.6 is 11.3 Å². The summed E-state index contributed by atoms with van der Waals surface area (Å²) in [6.45, 7) is 4.78. The van der Waals surface area contributed by atoms with Crippen molar-refractivity contribution in [1.29, 1.82) is 0 Å². The molecule has 2 fully saturated rings. The van der Waals surface area contributed by atoms with Gasteiger partial charge in [0, 0.05) is 42.7 Å². The minimum Gasteiger partial charge on any atom is -0.381 e. The number of carbonyl (C=O) groups is 1. The minimum atomic E-state index is -0.502. The molecule has 1 aromatic carbocycles. The van der Waals surface area contributed by atoms with E-state index in [0.29, 0.717) is 24.3 Å². The van der Waals surface area contributed by atoms with Crippen LogP contribution in [0, 0.1) is 30.0 Å². The van der Waals surface area contributed by atoms with Gasteiger partial charge in [-0.15, -0.1) is 11.3 Å². The van der Waals surface area contributed by atoms with Crippen molar-refractivity contribution in [3.63, 3.8) is 0 Å². The minimum absolute atomic E-state index is 0.0909. The Balaban J connectivity index is 1.50. The molecule has 1 aromatic heterocycles. The Morgan fingerprint density at radius 3 is 2.77 bits per heavy atom. The van der Waals surface area contributed by atoms with Gasteiger partial charge in [0.1, 0.15) is 11.5 Å². The largest absolute Gasteiger partial charge is 0.381 e. The third-order valence-electron chi connectivity index (χ3n) is 5.04. The first-order valence-corrected chi connectivity index (χ1v) is 9.53.